The van der Waals surface area contributed by atoms with Crippen molar-refractivity contribution in [1.82, 2.24) is 9.78 Å². The average Bonchev–Trinajstić information content (AvgIpc) is 2.36. The van der Waals surface area contributed by atoms with Crippen molar-refractivity contribution in [3.63, 3.8) is 0 Å². The molecule has 0 saturated carbocycles. The summed E-state index contributed by atoms with van der Waals surface area (Å²) in [7, 11) is 1.71. The lowest BCUT2D eigenvalue weighted by Gasteiger charge is -1.94. The number of aromatic nitrogens is 2. The number of nitrogens with zero attached hydrogens (tertiary/aromatic N) is 2. The van der Waals surface area contributed by atoms with Crippen LogP contribution in [0, 0.1) is 0 Å². The van der Waals surface area contributed by atoms with Crippen LogP contribution < -0.4 is 11.5 Å². The Balaban J connectivity index is 3.04. The molecule has 0 unspecified atom stereocenters. The van der Waals surface area contributed by atoms with Gasteiger partial charge in [0.05, 0.1) is 11.9 Å². The molecule has 0 amide bonds. The molecule has 5 nitrogen and oxygen atoms in total. The second-order valence-electron chi connectivity index (χ2n) is 2.37. The van der Waals surface area contributed by atoms with Gasteiger partial charge in [0.25, 0.3) is 0 Å². The van der Waals surface area contributed by atoms with Crippen molar-refractivity contribution in [3.8, 4) is 0 Å². The number of allylic oxidation sites excluding steroid dienone is 1. The minimum Gasteiger partial charge on any atom is -0.396 e. The number of hydrogen-bond acceptors (Lipinski definition) is 4. The van der Waals surface area contributed by atoms with Gasteiger partial charge < -0.3 is 11.5 Å². The maximum Gasteiger partial charge on any atom is 0.165 e. The smallest absolute Gasteiger partial charge is 0.165 e. The molecule has 1 heterocycles. The molecule has 1 rings (SSSR count). The molecule has 0 aliphatic carbocycles. The summed E-state index contributed by atoms with van der Waals surface area (Å²) in [5.41, 5.74) is 11.7. The van der Waals surface area contributed by atoms with Crippen molar-refractivity contribution < 1.29 is 4.79 Å². The highest BCUT2D eigenvalue weighted by Gasteiger charge is 2.01. The van der Waals surface area contributed by atoms with E-state index in [1.165, 1.54) is 10.8 Å². The number of nitrogen functional groups attached to an aromatic ring is 1. The first-order valence-corrected chi connectivity index (χ1v) is 3.35. The predicted octanol–water partition coefficient (Wildman–Crippen LogP) is -0.499. The minimum atomic E-state index is 0.134. The van der Waals surface area contributed by atoms with Crippen LogP contribution in [-0.4, -0.2) is 16.1 Å². The van der Waals surface area contributed by atoms with E-state index >= 15 is 0 Å². The lowest BCUT2D eigenvalue weighted by molar-refractivity contribution is -0.104. The average molecular weight is 166 g/mol. The standard InChI is InChI=1S/C7H10N4O/c1-11-7(9)5(3-10-11)2-6(8)4-12/h2-4H,8-9H2,1H3/b6-2-. The quantitative estimate of drug-likeness (QED) is 0.458. The van der Waals surface area contributed by atoms with Gasteiger partial charge in [0, 0.05) is 12.6 Å². The summed E-state index contributed by atoms with van der Waals surface area (Å²) in [6, 6.07) is 0. The molecule has 64 valence electrons. The SMILES string of the molecule is Cn1ncc(/C=C(\N)C=O)c1N. The summed E-state index contributed by atoms with van der Waals surface area (Å²) in [5.74, 6) is 0.486. The van der Waals surface area contributed by atoms with Crippen LogP contribution in [0.2, 0.25) is 0 Å². The number of nitrogens with two attached hydrogens (primary N) is 2. The number of aldehydes is 1. The monoisotopic (exact) mass is 166 g/mol. The molecule has 0 fully saturated rings. The lowest BCUT2D eigenvalue weighted by Crippen LogP contribution is -2.00. The topological polar surface area (TPSA) is 86.9 Å². The number of hydrogen-bond donors (Lipinski definition) is 2. The molecule has 1 aromatic heterocycles. The Morgan fingerprint density at radius 3 is 2.83 bits per heavy atom. The molecule has 0 aliphatic rings. The summed E-state index contributed by atoms with van der Waals surface area (Å²) in [6.07, 6.45) is 3.59. The molecule has 0 aromatic carbocycles. The summed E-state index contributed by atoms with van der Waals surface area (Å²) < 4.78 is 1.50. The summed E-state index contributed by atoms with van der Waals surface area (Å²) in [4.78, 5) is 10.2. The summed E-state index contributed by atoms with van der Waals surface area (Å²) in [5, 5.41) is 3.88. The van der Waals surface area contributed by atoms with Crippen LogP contribution >= 0.6 is 0 Å². The number of carbonyl (C=O) groups excluding carboxylic acids is 1. The van der Waals surface area contributed by atoms with Crippen LogP contribution in [0.1, 0.15) is 5.56 Å². The van der Waals surface area contributed by atoms with Gasteiger partial charge in [0.2, 0.25) is 0 Å². The molecule has 0 spiro atoms. The fourth-order valence-corrected chi connectivity index (χ4v) is 0.789. The van der Waals surface area contributed by atoms with E-state index in [2.05, 4.69) is 5.10 Å². The van der Waals surface area contributed by atoms with Crippen molar-refractivity contribution in [2.24, 2.45) is 12.8 Å². The van der Waals surface area contributed by atoms with Crippen LogP contribution in [0.3, 0.4) is 0 Å². The van der Waals surface area contributed by atoms with Crippen LogP contribution in [-0.2, 0) is 11.8 Å². The van der Waals surface area contributed by atoms with Gasteiger partial charge >= 0.3 is 0 Å². The number of aryl methyl sites for hydroxylation is 1. The van der Waals surface area contributed by atoms with Crippen molar-refractivity contribution in [2.45, 2.75) is 0 Å². The molecule has 12 heavy (non-hydrogen) atoms. The summed E-state index contributed by atoms with van der Waals surface area (Å²) in [6.45, 7) is 0. The predicted molar refractivity (Wildman–Crippen MR) is 45.8 cm³/mol. The Hall–Kier alpha value is -1.78. The second-order valence-corrected chi connectivity index (χ2v) is 2.37. The van der Waals surface area contributed by atoms with Crippen LogP contribution in [0.5, 0.6) is 0 Å². The van der Waals surface area contributed by atoms with Crippen LogP contribution in [0.4, 0.5) is 5.82 Å². The van der Waals surface area contributed by atoms with E-state index in [1.807, 2.05) is 0 Å². The van der Waals surface area contributed by atoms with Gasteiger partial charge in [0.15, 0.2) is 6.29 Å². The maximum absolute atomic E-state index is 10.2. The zero-order valence-electron chi connectivity index (χ0n) is 6.69. The van der Waals surface area contributed by atoms with Gasteiger partial charge in [-0.15, -0.1) is 0 Å². The van der Waals surface area contributed by atoms with Crippen molar-refractivity contribution >= 4 is 18.2 Å². The highest BCUT2D eigenvalue weighted by molar-refractivity contribution is 5.81. The van der Waals surface area contributed by atoms with E-state index in [0.29, 0.717) is 17.7 Å². The third-order valence-corrected chi connectivity index (χ3v) is 1.47. The Morgan fingerprint density at radius 2 is 2.42 bits per heavy atom. The van der Waals surface area contributed by atoms with Gasteiger partial charge in [0.1, 0.15) is 5.82 Å². The van der Waals surface area contributed by atoms with Gasteiger partial charge in [-0.3, -0.25) is 9.48 Å². The van der Waals surface area contributed by atoms with E-state index in [0.717, 1.165) is 0 Å². The molecule has 0 aliphatic heterocycles. The van der Waals surface area contributed by atoms with Crippen molar-refractivity contribution in [1.29, 1.82) is 0 Å². The van der Waals surface area contributed by atoms with Crippen molar-refractivity contribution in [2.75, 3.05) is 5.73 Å². The molecular formula is C7H10N4O. The van der Waals surface area contributed by atoms with E-state index in [4.69, 9.17) is 11.5 Å². The van der Waals surface area contributed by atoms with Crippen LogP contribution in [0.15, 0.2) is 11.9 Å². The molecule has 5 heteroatoms. The fraction of sp³-hybridized carbons (Fsp3) is 0.143. The summed E-state index contributed by atoms with van der Waals surface area (Å²) >= 11 is 0. The Morgan fingerprint density at radius 1 is 1.75 bits per heavy atom. The van der Waals surface area contributed by atoms with Gasteiger partial charge in [-0.25, -0.2) is 0 Å². The van der Waals surface area contributed by atoms with E-state index in [1.54, 1.807) is 13.2 Å². The highest BCUT2D eigenvalue weighted by atomic mass is 16.1. The largest absolute Gasteiger partial charge is 0.396 e. The first-order chi connectivity index (χ1) is 5.65. The van der Waals surface area contributed by atoms with Gasteiger partial charge in [-0.1, -0.05) is 0 Å². The second kappa shape index (κ2) is 3.08. The number of rotatable bonds is 2. The highest BCUT2D eigenvalue weighted by Crippen LogP contribution is 2.11. The van der Waals surface area contributed by atoms with Crippen molar-refractivity contribution in [3.05, 3.63) is 17.5 Å². The molecule has 4 N–H and O–H groups in total. The first kappa shape index (κ1) is 8.32. The molecule has 1 aromatic rings. The fourth-order valence-electron chi connectivity index (χ4n) is 0.789. The first-order valence-electron chi connectivity index (χ1n) is 3.35. The van der Waals surface area contributed by atoms with Gasteiger partial charge in [-0.2, -0.15) is 5.10 Å². The maximum atomic E-state index is 10.2. The van der Waals surface area contributed by atoms with Crippen LogP contribution in [0.25, 0.3) is 6.08 Å². The molecular weight excluding hydrogens is 156 g/mol. The number of anilines is 1. The Bertz CT molecular complexity index is 326. The molecule has 0 atom stereocenters. The third-order valence-electron chi connectivity index (χ3n) is 1.47. The van der Waals surface area contributed by atoms with E-state index in [-0.39, 0.29) is 5.70 Å². The molecule has 0 saturated heterocycles. The molecule has 0 bridgehead atoms. The zero-order valence-corrected chi connectivity index (χ0v) is 6.69. The third kappa shape index (κ3) is 1.45. The molecule has 0 radical (unpaired) electrons. The zero-order chi connectivity index (χ0) is 9.14. The van der Waals surface area contributed by atoms with E-state index < -0.39 is 0 Å². The minimum absolute atomic E-state index is 0.134. The lowest BCUT2D eigenvalue weighted by atomic mass is 10.3. The normalized spacial score (nSPS) is 11.6. The number of carbonyl (C=O) groups is 1. The van der Waals surface area contributed by atoms with Gasteiger partial charge in [-0.05, 0) is 6.08 Å². The van der Waals surface area contributed by atoms with E-state index in [9.17, 15) is 4.79 Å². The Labute approximate surface area is 69.7 Å². The Kier molecular flexibility index (Phi) is 2.14.